The predicted octanol–water partition coefficient (Wildman–Crippen LogP) is 3.31. The molecule has 0 aliphatic heterocycles. The molecule has 3 heteroatoms. The number of hydrogen-bond acceptors (Lipinski definition) is 2. The Hall–Kier alpha value is -2.39. The van der Waals surface area contributed by atoms with Crippen LogP contribution in [0.5, 0.6) is 0 Å². The van der Waals surface area contributed by atoms with E-state index >= 15 is 0 Å². The number of benzene rings is 2. The number of hydroxylamine groups is 1. The van der Waals surface area contributed by atoms with Crippen LogP contribution in [0.2, 0.25) is 0 Å². The third-order valence-corrected chi connectivity index (χ3v) is 4.15. The van der Waals surface area contributed by atoms with Gasteiger partial charge in [0.25, 0.3) is 5.91 Å². The SMILES string of the molecule is O=C(NO)C1(c2ccccc2)C=C(c2ccccc2)CC1. The molecule has 0 saturated carbocycles. The van der Waals surface area contributed by atoms with Gasteiger partial charge in [0.1, 0.15) is 0 Å². The van der Waals surface area contributed by atoms with Crippen molar-refractivity contribution in [3.63, 3.8) is 0 Å². The average Bonchev–Trinajstić information content (AvgIpc) is 3.02. The molecule has 0 saturated heterocycles. The van der Waals surface area contributed by atoms with Crippen LogP contribution in [0, 0.1) is 0 Å². The highest BCUT2D eigenvalue weighted by atomic mass is 16.5. The number of nitrogens with one attached hydrogen (secondary N) is 1. The van der Waals surface area contributed by atoms with Crippen LogP contribution >= 0.6 is 0 Å². The van der Waals surface area contributed by atoms with E-state index in [-0.39, 0.29) is 5.91 Å². The lowest BCUT2D eigenvalue weighted by Crippen LogP contribution is -2.40. The highest BCUT2D eigenvalue weighted by molar-refractivity contribution is 5.93. The summed E-state index contributed by atoms with van der Waals surface area (Å²) in [5.74, 6) is -0.375. The van der Waals surface area contributed by atoms with Gasteiger partial charge in [0.05, 0.1) is 5.41 Å². The maximum atomic E-state index is 12.3. The van der Waals surface area contributed by atoms with Gasteiger partial charge in [0.15, 0.2) is 0 Å². The largest absolute Gasteiger partial charge is 0.289 e. The zero-order valence-corrected chi connectivity index (χ0v) is 11.6. The van der Waals surface area contributed by atoms with Crippen molar-refractivity contribution in [2.24, 2.45) is 0 Å². The lowest BCUT2D eigenvalue weighted by atomic mass is 9.79. The normalized spacial score (nSPS) is 20.9. The number of rotatable bonds is 3. The van der Waals surface area contributed by atoms with E-state index < -0.39 is 5.41 Å². The smallest absolute Gasteiger partial charge is 0.257 e. The van der Waals surface area contributed by atoms with Gasteiger partial charge in [-0.3, -0.25) is 10.0 Å². The molecule has 2 aromatic rings. The van der Waals surface area contributed by atoms with Gasteiger partial charge in [-0.25, -0.2) is 5.48 Å². The summed E-state index contributed by atoms with van der Waals surface area (Å²) in [5.41, 5.74) is 4.22. The molecule has 0 radical (unpaired) electrons. The van der Waals surface area contributed by atoms with Gasteiger partial charge in [-0.15, -0.1) is 0 Å². The van der Waals surface area contributed by atoms with Gasteiger partial charge in [-0.2, -0.15) is 0 Å². The molecule has 106 valence electrons. The topological polar surface area (TPSA) is 49.3 Å². The molecule has 3 rings (SSSR count). The molecule has 0 bridgehead atoms. The summed E-state index contributed by atoms with van der Waals surface area (Å²) in [6.07, 6.45) is 3.46. The van der Waals surface area contributed by atoms with Crippen molar-refractivity contribution in [1.82, 2.24) is 5.48 Å². The molecule has 0 fully saturated rings. The van der Waals surface area contributed by atoms with Crippen LogP contribution in [0.3, 0.4) is 0 Å². The first kappa shape index (κ1) is 13.6. The van der Waals surface area contributed by atoms with E-state index in [1.807, 2.05) is 72.2 Å². The number of carbonyl (C=O) groups is 1. The minimum absolute atomic E-state index is 0.375. The summed E-state index contributed by atoms with van der Waals surface area (Å²) < 4.78 is 0. The van der Waals surface area contributed by atoms with Crippen molar-refractivity contribution in [3.05, 3.63) is 77.9 Å². The van der Waals surface area contributed by atoms with Crippen LogP contribution in [0.4, 0.5) is 0 Å². The summed E-state index contributed by atoms with van der Waals surface area (Å²) in [6.45, 7) is 0. The van der Waals surface area contributed by atoms with E-state index in [1.54, 1.807) is 0 Å². The van der Waals surface area contributed by atoms with Crippen LogP contribution in [0.15, 0.2) is 66.7 Å². The molecular weight excluding hydrogens is 262 g/mol. The van der Waals surface area contributed by atoms with E-state index in [0.29, 0.717) is 6.42 Å². The predicted molar refractivity (Wildman–Crippen MR) is 81.7 cm³/mol. The number of carbonyl (C=O) groups excluding carboxylic acids is 1. The fourth-order valence-electron chi connectivity index (χ4n) is 3.03. The van der Waals surface area contributed by atoms with Crippen molar-refractivity contribution in [3.8, 4) is 0 Å². The quantitative estimate of drug-likeness (QED) is 0.669. The fourth-order valence-corrected chi connectivity index (χ4v) is 3.03. The molecular formula is C18H17NO2. The second-order valence-electron chi connectivity index (χ2n) is 5.31. The van der Waals surface area contributed by atoms with Gasteiger partial charge in [0, 0.05) is 0 Å². The Labute approximate surface area is 123 Å². The van der Waals surface area contributed by atoms with Crippen LogP contribution in [-0.2, 0) is 10.2 Å². The lowest BCUT2D eigenvalue weighted by molar-refractivity contribution is -0.133. The first-order chi connectivity index (χ1) is 10.3. The fraction of sp³-hybridized carbons (Fsp3) is 0.167. The highest BCUT2D eigenvalue weighted by Crippen LogP contribution is 2.42. The molecule has 1 aliphatic rings. The Bertz CT molecular complexity index is 664. The van der Waals surface area contributed by atoms with Crippen molar-refractivity contribution < 1.29 is 10.0 Å². The first-order valence-corrected chi connectivity index (χ1v) is 7.03. The highest BCUT2D eigenvalue weighted by Gasteiger charge is 2.41. The van der Waals surface area contributed by atoms with Gasteiger partial charge in [-0.1, -0.05) is 66.7 Å². The zero-order chi connectivity index (χ0) is 14.7. The van der Waals surface area contributed by atoms with Gasteiger partial charge in [0.2, 0.25) is 0 Å². The van der Waals surface area contributed by atoms with Crippen molar-refractivity contribution in [1.29, 1.82) is 0 Å². The second-order valence-corrected chi connectivity index (χ2v) is 5.31. The van der Waals surface area contributed by atoms with E-state index in [9.17, 15) is 4.79 Å². The van der Waals surface area contributed by atoms with Crippen LogP contribution < -0.4 is 5.48 Å². The van der Waals surface area contributed by atoms with Crippen molar-refractivity contribution in [2.45, 2.75) is 18.3 Å². The number of hydrogen-bond donors (Lipinski definition) is 2. The number of amides is 1. The molecule has 2 N–H and O–H groups in total. The first-order valence-electron chi connectivity index (χ1n) is 7.03. The maximum absolute atomic E-state index is 12.3. The van der Waals surface area contributed by atoms with Crippen molar-refractivity contribution in [2.75, 3.05) is 0 Å². The molecule has 0 heterocycles. The minimum atomic E-state index is -0.790. The third-order valence-electron chi connectivity index (χ3n) is 4.15. The Morgan fingerprint density at radius 1 is 1.00 bits per heavy atom. The number of allylic oxidation sites excluding steroid dienone is 1. The summed E-state index contributed by atoms with van der Waals surface area (Å²) in [4.78, 5) is 12.3. The molecule has 21 heavy (non-hydrogen) atoms. The van der Waals surface area contributed by atoms with Crippen LogP contribution in [0.1, 0.15) is 24.0 Å². The standard InChI is InChI=1S/C18H17NO2/c20-17(19-21)18(16-9-5-2-6-10-16)12-11-15(13-18)14-7-3-1-4-8-14/h1-10,13,21H,11-12H2,(H,19,20). The lowest BCUT2D eigenvalue weighted by Gasteiger charge is -2.25. The van der Waals surface area contributed by atoms with E-state index in [2.05, 4.69) is 0 Å². The van der Waals surface area contributed by atoms with Crippen LogP contribution in [-0.4, -0.2) is 11.1 Å². The Morgan fingerprint density at radius 2 is 1.62 bits per heavy atom. The van der Waals surface area contributed by atoms with Crippen LogP contribution in [0.25, 0.3) is 5.57 Å². The zero-order valence-electron chi connectivity index (χ0n) is 11.6. The van der Waals surface area contributed by atoms with E-state index in [4.69, 9.17) is 5.21 Å². The third kappa shape index (κ3) is 2.36. The average molecular weight is 279 g/mol. The molecule has 2 aromatic carbocycles. The Morgan fingerprint density at radius 3 is 2.24 bits per heavy atom. The molecule has 0 aromatic heterocycles. The van der Waals surface area contributed by atoms with Crippen molar-refractivity contribution >= 4 is 11.5 Å². The van der Waals surface area contributed by atoms with E-state index in [0.717, 1.165) is 23.1 Å². The summed E-state index contributed by atoms with van der Waals surface area (Å²) in [5, 5.41) is 9.15. The Balaban J connectivity index is 2.08. The molecule has 1 atom stereocenters. The monoisotopic (exact) mass is 279 g/mol. The molecule has 1 aliphatic carbocycles. The maximum Gasteiger partial charge on any atom is 0.257 e. The summed E-state index contributed by atoms with van der Waals surface area (Å²) in [7, 11) is 0. The summed E-state index contributed by atoms with van der Waals surface area (Å²) in [6, 6.07) is 19.7. The van der Waals surface area contributed by atoms with Gasteiger partial charge < -0.3 is 0 Å². The van der Waals surface area contributed by atoms with Gasteiger partial charge in [-0.05, 0) is 29.5 Å². The van der Waals surface area contributed by atoms with Gasteiger partial charge >= 0.3 is 0 Å². The summed E-state index contributed by atoms with van der Waals surface area (Å²) >= 11 is 0. The molecule has 1 amide bonds. The second kappa shape index (κ2) is 5.54. The van der Waals surface area contributed by atoms with E-state index in [1.165, 1.54) is 0 Å². The molecule has 0 spiro atoms. The molecule has 3 nitrogen and oxygen atoms in total. The Kier molecular flexibility index (Phi) is 3.59. The minimum Gasteiger partial charge on any atom is -0.289 e. The molecule has 1 unspecified atom stereocenters.